The average Bonchev–Trinajstić information content (AvgIpc) is 3.98. The molecule has 1 aromatic carbocycles. The molecule has 1 aliphatic heterocycles. The van der Waals surface area contributed by atoms with E-state index in [-0.39, 0.29) is 31.8 Å². The molecule has 0 unspecified atom stereocenters. The van der Waals surface area contributed by atoms with Crippen LogP contribution in [0.2, 0.25) is 0 Å². The summed E-state index contributed by atoms with van der Waals surface area (Å²) >= 11 is 0. The van der Waals surface area contributed by atoms with Gasteiger partial charge < -0.3 is 30.3 Å². The first-order chi connectivity index (χ1) is 23.6. The summed E-state index contributed by atoms with van der Waals surface area (Å²) in [7, 11) is -3.92. The number of nitrogens with zero attached hydrogens (tertiary/aromatic N) is 2. The number of sulfonamides is 1. The third-order valence-electron chi connectivity index (χ3n) is 8.67. The first-order valence-corrected chi connectivity index (χ1v) is 17.8. The monoisotopic (exact) mass is 710 g/mol. The van der Waals surface area contributed by atoms with Crippen molar-refractivity contribution in [3.8, 4) is 5.88 Å². The third kappa shape index (κ3) is 8.23. The van der Waals surface area contributed by atoms with E-state index in [1.165, 1.54) is 11.0 Å². The standard InChI is InChI=1S/C34H42N6O9S/c1-6-21-17-34(21,31(44)39-50(46,47)23-12-13-23)38-28(42)26-16-22(48-29-24-11-9-8-10-20(24)14-15-35-29)19-40(26)30(43)25(18-36-27(41)7-2)37-32(45)49-33(3,4)5/h6-11,14-15,21-23,25-26H,1-2,12-13,16-19H2,3-5H3,(H,36,41)(H,37,45)(H,38,42)(H,39,44)/t21-,22-,25+,26+,34-/m1/s1. The third-order valence-corrected chi connectivity index (χ3v) is 10.5. The van der Waals surface area contributed by atoms with Gasteiger partial charge in [-0.3, -0.25) is 23.9 Å². The fourth-order valence-corrected chi connectivity index (χ4v) is 7.23. The molecule has 5 rings (SSSR count). The van der Waals surface area contributed by atoms with Crippen LogP contribution in [0.1, 0.15) is 46.5 Å². The van der Waals surface area contributed by atoms with Crippen LogP contribution < -0.4 is 25.4 Å². The lowest BCUT2D eigenvalue weighted by atomic mass is 10.1. The van der Waals surface area contributed by atoms with Crippen molar-refractivity contribution in [3.63, 3.8) is 0 Å². The summed E-state index contributed by atoms with van der Waals surface area (Å²) in [6.07, 6.45) is 3.26. The Hall–Kier alpha value is -4.99. The van der Waals surface area contributed by atoms with Crippen molar-refractivity contribution in [2.75, 3.05) is 13.1 Å². The molecular weight excluding hydrogens is 668 g/mol. The molecule has 2 aromatic rings. The maximum absolute atomic E-state index is 14.2. The predicted molar refractivity (Wildman–Crippen MR) is 182 cm³/mol. The van der Waals surface area contributed by atoms with E-state index in [9.17, 15) is 32.4 Å². The molecule has 3 aliphatic rings. The molecule has 2 saturated carbocycles. The number of aromatic nitrogens is 1. The number of benzene rings is 1. The molecule has 4 N–H and O–H groups in total. The number of likely N-dealkylation sites (tertiary alicyclic amines) is 1. The molecule has 268 valence electrons. The summed E-state index contributed by atoms with van der Waals surface area (Å²) in [5.41, 5.74) is -2.51. The number of rotatable bonds is 13. The Bertz CT molecular complexity index is 1820. The van der Waals surface area contributed by atoms with Gasteiger partial charge in [-0.1, -0.05) is 30.9 Å². The summed E-state index contributed by atoms with van der Waals surface area (Å²) in [5.74, 6) is -3.27. The zero-order valence-corrected chi connectivity index (χ0v) is 29.0. The number of carbonyl (C=O) groups excluding carboxylic acids is 5. The first-order valence-electron chi connectivity index (χ1n) is 16.3. The molecule has 15 nitrogen and oxygen atoms in total. The second kappa shape index (κ2) is 14.1. The largest absolute Gasteiger partial charge is 0.472 e. The van der Waals surface area contributed by atoms with Gasteiger partial charge in [0.2, 0.25) is 33.6 Å². The lowest BCUT2D eigenvalue weighted by Crippen LogP contribution is -2.59. The fourth-order valence-electron chi connectivity index (χ4n) is 5.86. The number of pyridine rings is 1. The number of hydrogen-bond donors (Lipinski definition) is 4. The van der Waals surface area contributed by atoms with Crippen molar-refractivity contribution in [1.82, 2.24) is 30.6 Å². The van der Waals surface area contributed by atoms with E-state index in [0.717, 1.165) is 11.5 Å². The molecule has 1 aromatic heterocycles. The van der Waals surface area contributed by atoms with Gasteiger partial charge in [0.15, 0.2) is 0 Å². The molecule has 5 atom stereocenters. The topological polar surface area (TPSA) is 202 Å². The molecule has 0 spiro atoms. The van der Waals surface area contributed by atoms with Crippen molar-refractivity contribution in [2.45, 2.75) is 81.0 Å². The molecule has 0 radical (unpaired) electrons. The van der Waals surface area contributed by atoms with Crippen LogP contribution in [0.3, 0.4) is 0 Å². The van der Waals surface area contributed by atoms with Gasteiger partial charge in [0.1, 0.15) is 29.3 Å². The van der Waals surface area contributed by atoms with Crippen LogP contribution in [0.4, 0.5) is 4.79 Å². The molecular formula is C34H42N6O9S. The van der Waals surface area contributed by atoms with Gasteiger partial charge in [-0.15, -0.1) is 6.58 Å². The van der Waals surface area contributed by atoms with Crippen LogP contribution in [-0.2, 0) is 33.9 Å². The highest BCUT2D eigenvalue weighted by molar-refractivity contribution is 7.91. The second-order valence-electron chi connectivity index (χ2n) is 13.6. The summed E-state index contributed by atoms with van der Waals surface area (Å²) < 4.78 is 39.0. The molecule has 2 aliphatic carbocycles. The van der Waals surface area contributed by atoms with Crippen LogP contribution in [0, 0.1) is 5.92 Å². The van der Waals surface area contributed by atoms with Crippen molar-refractivity contribution < 1.29 is 41.9 Å². The maximum Gasteiger partial charge on any atom is 0.408 e. The molecule has 0 bridgehead atoms. The Morgan fingerprint density at radius 3 is 2.48 bits per heavy atom. The van der Waals surface area contributed by atoms with E-state index in [0.29, 0.717) is 18.2 Å². The number of nitrogens with one attached hydrogen (secondary N) is 4. The van der Waals surface area contributed by atoms with E-state index in [2.05, 4.69) is 38.8 Å². The highest BCUT2D eigenvalue weighted by atomic mass is 32.2. The van der Waals surface area contributed by atoms with Crippen LogP contribution in [0.15, 0.2) is 61.8 Å². The molecule has 2 heterocycles. The van der Waals surface area contributed by atoms with Crippen LogP contribution in [0.25, 0.3) is 10.8 Å². The zero-order chi connectivity index (χ0) is 36.4. The van der Waals surface area contributed by atoms with Crippen molar-refractivity contribution >= 4 is 50.5 Å². The Labute approximate surface area is 290 Å². The summed E-state index contributed by atoms with van der Waals surface area (Å²) in [4.78, 5) is 72.2. The van der Waals surface area contributed by atoms with Crippen molar-refractivity contribution in [2.24, 2.45) is 5.92 Å². The van der Waals surface area contributed by atoms with E-state index >= 15 is 0 Å². The van der Waals surface area contributed by atoms with Gasteiger partial charge in [-0.05, 0) is 63.6 Å². The molecule has 5 amide bonds. The normalized spacial score (nSPS) is 23.6. The number of alkyl carbamates (subject to hydrolysis) is 1. The fraction of sp³-hybridized carbons (Fsp3) is 0.471. The predicted octanol–water partition coefficient (Wildman–Crippen LogP) is 1.45. The second-order valence-corrected chi connectivity index (χ2v) is 15.6. The molecule has 1 saturated heterocycles. The van der Waals surface area contributed by atoms with Crippen molar-refractivity contribution in [1.29, 1.82) is 0 Å². The van der Waals surface area contributed by atoms with Gasteiger partial charge in [0.25, 0.3) is 5.91 Å². The molecule has 50 heavy (non-hydrogen) atoms. The zero-order valence-electron chi connectivity index (χ0n) is 28.1. The van der Waals surface area contributed by atoms with Gasteiger partial charge in [-0.25, -0.2) is 18.2 Å². The van der Waals surface area contributed by atoms with Gasteiger partial charge in [0, 0.05) is 30.5 Å². The van der Waals surface area contributed by atoms with Gasteiger partial charge >= 0.3 is 6.09 Å². The summed E-state index contributed by atoms with van der Waals surface area (Å²) in [5, 5.41) is 8.59. The van der Waals surface area contributed by atoms with Crippen LogP contribution in [-0.4, -0.2) is 95.7 Å². The van der Waals surface area contributed by atoms with E-state index in [1.807, 2.05) is 30.3 Å². The number of ether oxygens (including phenoxy) is 2. The SMILES string of the molecule is C=CC(=O)NC[C@H](NC(=O)OC(C)(C)C)C(=O)N1C[C@H](Oc2nccc3ccccc23)C[C@H]1C(=O)N[C@]1(C(=O)NS(=O)(=O)C2CC2)C[C@H]1C=C. The Morgan fingerprint density at radius 1 is 1.12 bits per heavy atom. The number of fused-ring (bicyclic) bond motifs is 1. The number of carbonyl (C=O) groups is 5. The van der Waals surface area contributed by atoms with Crippen molar-refractivity contribution in [3.05, 3.63) is 61.8 Å². The van der Waals surface area contributed by atoms with E-state index in [1.54, 1.807) is 27.0 Å². The van der Waals surface area contributed by atoms with E-state index < -0.39 is 80.2 Å². The highest BCUT2D eigenvalue weighted by Gasteiger charge is 2.62. The number of hydrogen-bond acceptors (Lipinski definition) is 10. The Balaban J connectivity index is 1.43. The van der Waals surface area contributed by atoms with Crippen LogP contribution >= 0.6 is 0 Å². The minimum absolute atomic E-state index is 0.0442. The quantitative estimate of drug-likeness (QED) is 0.174. The van der Waals surface area contributed by atoms with E-state index in [4.69, 9.17) is 9.47 Å². The smallest absolute Gasteiger partial charge is 0.408 e. The summed E-state index contributed by atoms with van der Waals surface area (Å²) in [6, 6.07) is 6.58. The minimum atomic E-state index is -3.92. The molecule has 16 heteroatoms. The van der Waals surface area contributed by atoms with Gasteiger partial charge in [0.05, 0.1) is 11.8 Å². The first kappa shape index (κ1) is 36.3. The Morgan fingerprint density at radius 2 is 1.84 bits per heavy atom. The minimum Gasteiger partial charge on any atom is -0.472 e. The summed E-state index contributed by atoms with van der Waals surface area (Å²) in [6.45, 7) is 11.6. The lowest BCUT2D eigenvalue weighted by Gasteiger charge is -2.30. The van der Waals surface area contributed by atoms with Gasteiger partial charge in [-0.2, -0.15) is 0 Å². The number of amides is 5. The lowest BCUT2D eigenvalue weighted by molar-refractivity contribution is -0.141. The maximum atomic E-state index is 14.2. The average molecular weight is 711 g/mol. The highest BCUT2D eigenvalue weighted by Crippen LogP contribution is 2.45. The molecule has 3 fully saturated rings. The Kier molecular flexibility index (Phi) is 10.2. The van der Waals surface area contributed by atoms with Crippen LogP contribution in [0.5, 0.6) is 5.88 Å².